The zero-order valence-corrected chi connectivity index (χ0v) is 26.9. The first-order chi connectivity index (χ1) is 14.6. The van der Waals surface area contributed by atoms with Crippen molar-refractivity contribution in [2.24, 2.45) is 0 Å². The van der Waals surface area contributed by atoms with Gasteiger partial charge in [-0.3, -0.25) is 28.0 Å². The number of phosphoric acid groups is 3. The fourth-order valence-corrected chi connectivity index (χ4v) is 5.57. The van der Waals surface area contributed by atoms with Crippen LogP contribution in [0.25, 0.3) is 11.2 Å². The summed E-state index contributed by atoms with van der Waals surface area (Å²) in [5, 5.41) is 20.3. The van der Waals surface area contributed by atoms with E-state index in [1.807, 2.05) is 0 Å². The van der Waals surface area contributed by atoms with Crippen LogP contribution in [0.15, 0.2) is 11.1 Å². The summed E-state index contributed by atoms with van der Waals surface area (Å²) in [6.07, 6.45) is -5.57. The van der Waals surface area contributed by atoms with Crippen LogP contribution in [0.3, 0.4) is 0 Å². The summed E-state index contributed by atoms with van der Waals surface area (Å²) in [6.45, 7) is -1.12. The molecule has 25 heteroatoms. The molecule has 0 bridgehead atoms. The number of hydrogen-bond acceptors (Lipinski definition) is 16. The first kappa shape index (κ1) is 36.4. The number of fused-ring (bicyclic) bond motifs is 1. The predicted octanol–water partition coefficient (Wildman–Crippen LogP) is -5.37. The summed E-state index contributed by atoms with van der Waals surface area (Å²) in [6, 6.07) is 0. The zero-order valence-electron chi connectivity index (χ0n) is 18.2. The number of nitrogens with zero attached hydrogens (tertiary/aromatic N) is 3. The van der Waals surface area contributed by atoms with Gasteiger partial charge >= 0.3 is 0 Å². The van der Waals surface area contributed by atoms with E-state index in [4.69, 9.17) is 15.4 Å². The topological polar surface area (TPSA) is 308 Å². The normalized spacial score (nSPS) is 26.9. The van der Waals surface area contributed by atoms with Crippen molar-refractivity contribution >= 4 is 129 Å². The molecule has 1 aliphatic rings. The van der Waals surface area contributed by atoms with Crippen LogP contribution < -0.4 is 26.0 Å². The second kappa shape index (κ2) is 13.7. The molecule has 3 radical (unpaired) electrons. The van der Waals surface area contributed by atoms with Crippen LogP contribution in [0.4, 0.5) is 5.95 Å². The van der Waals surface area contributed by atoms with Crippen molar-refractivity contribution < 1.29 is 61.4 Å². The number of nitrogens with one attached hydrogen (secondary N) is 1. The number of anilines is 1. The molecule has 1 aliphatic heterocycles. The van der Waals surface area contributed by atoms with Gasteiger partial charge in [0.05, 0.1) is 12.9 Å². The third-order valence-corrected chi connectivity index (χ3v) is 7.55. The largest absolute Gasteiger partial charge is 0.756 e. The van der Waals surface area contributed by atoms with Crippen LogP contribution in [0, 0.1) is 0 Å². The molecule has 3 rings (SSSR count). The molecule has 183 valence electrons. The molecule has 2 aromatic rings. The third-order valence-electron chi connectivity index (χ3n) is 3.86. The van der Waals surface area contributed by atoms with Gasteiger partial charge in [-0.05, 0) is 0 Å². The van der Waals surface area contributed by atoms with Crippen LogP contribution in [-0.2, 0) is 31.6 Å². The number of rotatable bonds is 8. The molecule has 6 N–H and O–H groups in total. The Labute approximate surface area is 261 Å². The number of phosphoric ester groups is 1. The number of aromatic nitrogens is 4. The Bertz CT molecular complexity index is 1220. The summed E-state index contributed by atoms with van der Waals surface area (Å²) in [4.78, 5) is 63.2. The van der Waals surface area contributed by atoms with Crippen molar-refractivity contribution in [1.29, 1.82) is 0 Å². The third kappa shape index (κ3) is 9.54. The smallest absolute Gasteiger partial charge is 0.280 e. The van der Waals surface area contributed by atoms with Gasteiger partial charge < -0.3 is 44.8 Å². The Kier molecular flexibility index (Phi) is 14.2. The monoisotopic (exact) mass is 589 g/mol. The molecule has 35 heavy (non-hydrogen) atoms. The van der Waals surface area contributed by atoms with Gasteiger partial charge in [0, 0.05) is 88.7 Å². The molecule has 3 unspecified atom stereocenters. The van der Waals surface area contributed by atoms with Gasteiger partial charge in [0.1, 0.15) is 18.3 Å². The minimum Gasteiger partial charge on any atom is -0.756 e. The Morgan fingerprint density at radius 3 is 2.29 bits per heavy atom. The van der Waals surface area contributed by atoms with Gasteiger partial charge in [-0.1, -0.05) is 0 Å². The predicted molar refractivity (Wildman–Crippen MR) is 109 cm³/mol. The summed E-state index contributed by atoms with van der Waals surface area (Å²) >= 11 is 0. The Morgan fingerprint density at radius 2 is 1.71 bits per heavy atom. The maximum absolute atomic E-state index is 11.8. The maximum Gasteiger partial charge on any atom is 0.280 e. The van der Waals surface area contributed by atoms with Gasteiger partial charge in [-0.25, -0.2) is 13.6 Å². The number of nitrogen functional groups attached to an aromatic ring is 1. The number of aliphatic hydroxyl groups excluding tert-OH is 2. The summed E-state index contributed by atoms with van der Waals surface area (Å²) in [5.74, 6) is -0.295. The standard InChI is InChI=1S/C10H16N5O14P3.3Na/c11-10-13-7-4(8(18)14-10)12-2-15(7)9-6(17)5(16)3(27-9)1-26-31(22,23)29-32(24,25)28-30(19,20)21;;;/h2-3,5-6,9,16-17H,1H2,(H,22,23)(H,24,25)(H2,19,20,21)(H3,11,13,14,18);;;/p-3/t3-,5-,6-,9-;;;/m1.../s1. The molecule has 0 amide bonds. The first-order valence-corrected chi connectivity index (χ1v) is 12.5. The number of hydrogen-bond donors (Lipinski definition) is 5. The Morgan fingerprint density at radius 1 is 1.11 bits per heavy atom. The van der Waals surface area contributed by atoms with E-state index in [0.717, 1.165) is 10.9 Å². The minimum atomic E-state index is -6.11. The van der Waals surface area contributed by atoms with E-state index in [1.54, 1.807) is 0 Å². The second-order valence-corrected chi connectivity index (χ2v) is 10.4. The molecule has 2 aromatic heterocycles. The number of aromatic amines is 1. The number of imidazole rings is 1. The molecular weight excluding hydrogens is 576 g/mol. The van der Waals surface area contributed by atoms with E-state index in [1.165, 1.54) is 0 Å². The summed E-state index contributed by atoms with van der Waals surface area (Å²) < 4.78 is 50.3. The van der Waals surface area contributed by atoms with E-state index in [0.29, 0.717) is 0 Å². The average molecular weight is 589 g/mol. The maximum atomic E-state index is 11.8. The quantitative estimate of drug-likeness (QED) is 0.142. The Hall–Kier alpha value is 1.44. The Balaban J connectivity index is 0.00000385. The molecule has 0 aliphatic carbocycles. The number of H-pyrrole nitrogens is 1. The van der Waals surface area contributed by atoms with Crippen molar-refractivity contribution in [3.8, 4) is 0 Å². The number of ether oxygens (including phenoxy) is 1. The molecule has 0 saturated carbocycles. The van der Waals surface area contributed by atoms with E-state index in [2.05, 4.69) is 28.1 Å². The summed E-state index contributed by atoms with van der Waals surface area (Å²) in [7, 11) is -17.8. The van der Waals surface area contributed by atoms with E-state index in [-0.39, 0.29) is 106 Å². The van der Waals surface area contributed by atoms with Crippen LogP contribution in [0.1, 0.15) is 6.23 Å². The second-order valence-electron chi connectivity index (χ2n) is 6.14. The molecule has 19 nitrogen and oxygen atoms in total. The van der Waals surface area contributed by atoms with Gasteiger partial charge in [0.2, 0.25) is 5.95 Å². The van der Waals surface area contributed by atoms with Crippen LogP contribution in [0.2, 0.25) is 0 Å². The minimum absolute atomic E-state index is 0. The van der Waals surface area contributed by atoms with Gasteiger partial charge in [-0.15, -0.1) is 0 Å². The molecule has 0 spiro atoms. The molecule has 1 saturated heterocycles. The van der Waals surface area contributed by atoms with Crippen molar-refractivity contribution in [1.82, 2.24) is 19.5 Å². The van der Waals surface area contributed by atoms with Gasteiger partial charge in [0.25, 0.3) is 29.0 Å². The van der Waals surface area contributed by atoms with Crippen LogP contribution in [0.5, 0.6) is 0 Å². The fourth-order valence-electron chi connectivity index (χ4n) is 2.68. The number of aliphatic hydroxyl groups is 2. The molecule has 3 heterocycles. The number of nitrogens with two attached hydrogens (primary N) is 1. The molecule has 0 aromatic carbocycles. The van der Waals surface area contributed by atoms with Crippen LogP contribution >= 0.6 is 23.5 Å². The first-order valence-electron chi connectivity index (χ1n) is 8.05. The van der Waals surface area contributed by atoms with Crippen LogP contribution in [-0.4, -0.2) is 148 Å². The van der Waals surface area contributed by atoms with Gasteiger partial charge in [-0.2, -0.15) is 4.98 Å². The SMILES string of the molecule is Nc1nc2c(ncn2[C@@H]2O[C@H](COP(=O)([O-])OP(=O)([O-])OP(=O)([O-])O)[C@@H](O)[C@H]2O)c(=O)[nH]1.[Na].[Na].[Na]. The zero-order chi connectivity index (χ0) is 24.1. The van der Waals surface area contributed by atoms with E-state index in [9.17, 15) is 43.4 Å². The van der Waals surface area contributed by atoms with Gasteiger partial charge in [0.15, 0.2) is 17.4 Å². The van der Waals surface area contributed by atoms with Crippen molar-refractivity contribution in [2.75, 3.05) is 12.3 Å². The molecular formula is C10H13N5Na3O14P3-3. The molecule has 1 fully saturated rings. The van der Waals surface area contributed by atoms with Crippen molar-refractivity contribution in [3.05, 3.63) is 16.7 Å². The van der Waals surface area contributed by atoms with Crippen molar-refractivity contribution in [3.63, 3.8) is 0 Å². The fraction of sp³-hybridized carbons (Fsp3) is 0.500. The van der Waals surface area contributed by atoms with E-state index >= 15 is 0 Å². The molecule has 7 atom stereocenters. The summed E-state index contributed by atoms with van der Waals surface area (Å²) in [5.41, 5.74) is 4.41. The van der Waals surface area contributed by atoms with Crippen molar-refractivity contribution in [2.45, 2.75) is 24.5 Å². The average Bonchev–Trinajstić information content (AvgIpc) is 3.12. The van der Waals surface area contributed by atoms with E-state index < -0.39 is 60.2 Å².